The van der Waals surface area contributed by atoms with Crippen molar-refractivity contribution in [2.75, 3.05) is 0 Å². The van der Waals surface area contributed by atoms with Crippen molar-refractivity contribution < 1.29 is 0 Å². The van der Waals surface area contributed by atoms with E-state index in [9.17, 15) is 5.26 Å². The fraction of sp³-hybridized carbons (Fsp3) is 0. The van der Waals surface area contributed by atoms with E-state index in [4.69, 9.17) is 0 Å². The molecule has 0 saturated carbocycles. The smallest absolute Gasteiger partial charge is 0.0991 e. The fourth-order valence-corrected chi connectivity index (χ4v) is 8.74. The van der Waals surface area contributed by atoms with Gasteiger partial charge in [0.05, 0.1) is 33.7 Å². The molecule has 11 rings (SSSR count). The summed E-state index contributed by atoms with van der Waals surface area (Å²) in [6.07, 6.45) is 0. The molecule has 0 fully saturated rings. The largest absolute Gasteiger partial charge is 0.309 e. The summed E-state index contributed by atoms with van der Waals surface area (Å²) in [4.78, 5) is 0. The molecule has 3 nitrogen and oxygen atoms in total. The number of nitrogens with zero attached hydrogens (tertiary/aromatic N) is 3. The van der Waals surface area contributed by atoms with Crippen molar-refractivity contribution in [3.8, 4) is 62.0 Å². The Hall–Kier alpha value is -7.93. The minimum atomic E-state index is 0.664. The lowest BCUT2D eigenvalue weighted by Crippen LogP contribution is -1.94. The zero-order chi connectivity index (χ0) is 38.6. The molecule has 0 unspecified atom stereocenters. The second-order valence-corrected chi connectivity index (χ2v) is 14.9. The lowest BCUT2D eigenvalue weighted by molar-refractivity contribution is 1.18. The molecule has 0 N–H and O–H groups in total. The predicted octanol–water partition coefficient (Wildman–Crippen LogP) is 14.4. The van der Waals surface area contributed by atoms with Gasteiger partial charge in [-0.3, -0.25) is 0 Å². The van der Waals surface area contributed by atoms with Gasteiger partial charge in [0.2, 0.25) is 0 Å². The Morgan fingerprint density at radius 1 is 0.276 bits per heavy atom. The highest BCUT2D eigenvalue weighted by atomic mass is 15.0. The average Bonchev–Trinajstić information content (AvgIpc) is 3.82. The summed E-state index contributed by atoms with van der Waals surface area (Å²) in [6.45, 7) is 0. The van der Waals surface area contributed by atoms with Crippen molar-refractivity contribution in [3.05, 3.63) is 218 Å². The number of nitriles is 1. The first kappa shape index (κ1) is 33.4. The van der Waals surface area contributed by atoms with Gasteiger partial charge >= 0.3 is 0 Å². The van der Waals surface area contributed by atoms with Crippen molar-refractivity contribution in [2.45, 2.75) is 0 Å². The minimum absolute atomic E-state index is 0.664. The van der Waals surface area contributed by atoms with E-state index in [0.717, 1.165) is 22.5 Å². The van der Waals surface area contributed by atoms with Gasteiger partial charge in [0, 0.05) is 32.9 Å². The highest BCUT2D eigenvalue weighted by molar-refractivity contribution is 6.11. The number of rotatable bonds is 6. The number of para-hydroxylation sites is 2. The SMILES string of the molecule is N#Cc1cccc(-c2ccc(-n3c4ccccc4c4cc(-c5ccc(-c6ccc7c(c6)c6ccccc6n7-c6cccc(-c7ccccc7)c6)cc5)ccc43)cc2)c1. The maximum atomic E-state index is 9.40. The van der Waals surface area contributed by atoms with Gasteiger partial charge < -0.3 is 9.13 Å². The van der Waals surface area contributed by atoms with E-state index < -0.39 is 0 Å². The molecule has 0 atom stereocenters. The van der Waals surface area contributed by atoms with Crippen molar-refractivity contribution in [2.24, 2.45) is 0 Å². The third-order valence-electron chi connectivity index (χ3n) is 11.6. The third-order valence-corrected chi connectivity index (χ3v) is 11.6. The molecule has 0 aliphatic heterocycles. The van der Waals surface area contributed by atoms with Crippen LogP contribution < -0.4 is 0 Å². The van der Waals surface area contributed by atoms with Gasteiger partial charge in [-0.25, -0.2) is 0 Å². The molecule has 11 aromatic rings. The summed E-state index contributed by atoms with van der Waals surface area (Å²) < 4.78 is 4.74. The van der Waals surface area contributed by atoms with Crippen LogP contribution in [0.25, 0.3) is 99.5 Å². The van der Waals surface area contributed by atoms with E-state index in [1.807, 2.05) is 18.2 Å². The molecule has 0 spiro atoms. The topological polar surface area (TPSA) is 33.6 Å². The molecule has 0 aliphatic carbocycles. The Labute approximate surface area is 336 Å². The maximum absolute atomic E-state index is 9.40. The molecule has 2 heterocycles. The Kier molecular flexibility index (Phi) is 7.88. The van der Waals surface area contributed by atoms with Crippen LogP contribution in [0.1, 0.15) is 5.56 Å². The van der Waals surface area contributed by atoms with Crippen LogP contribution >= 0.6 is 0 Å². The van der Waals surface area contributed by atoms with Crippen LogP contribution in [-0.2, 0) is 0 Å². The van der Waals surface area contributed by atoms with Crippen molar-refractivity contribution >= 4 is 43.6 Å². The number of benzene rings is 9. The number of hydrogen-bond donors (Lipinski definition) is 0. The second-order valence-electron chi connectivity index (χ2n) is 14.9. The van der Waals surface area contributed by atoms with E-state index >= 15 is 0 Å². The predicted molar refractivity (Wildman–Crippen MR) is 242 cm³/mol. The zero-order valence-corrected chi connectivity index (χ0v) is 31.5. The number of aromatic nitrogens is 2. The average molecular weight is 738 g/mol. The van der Waals surface area contributed by atoms with Gasteiger partial charge in [-0.1, -0.05) is 140 Å². The van der Waals surface area contributed by atoms with Crippen molar-refractivity contribution in [1.82, 2.24) is 9.13 Å². The Morgan fingerprint density at radius 2 is 0.690 bits per heavy atom. The van der Waals surface area contributed by atoms with Crippen molar-refractivity contribution in [3.63, 3.8) is 0 Å². The fourth-order valence-electron chi connectivity index (χ4n) is 8.74. The van der Waals surface area contributed by atoms with Crippen LogP contribution in [0.5, 0.6) is 0 Å². The number of hydrogen-bond acceptors (Lipinski definition) is 1. The van der Waals surface area contributed by atoms with Crippen molar-refractivity contribution in [1.29, 1.82) is 5.26 Å². The van der Waals surface area contributed by atoms with E-state index in [1.165, 1.54) is 77.0 Å². The second kappa shape index (κ2) is 13.7. The molecule has 2 aromatic heterocycles. The zero-order valence-electron chi connectivity index (χ0n) is 31.5. The van der Waals surface area contributed by atoms with Crippen LogP contribution in [0.2, 0.25) is 0 Å². The quantitative estimate of drug-likeness (QED) is 0.167. The standard InChI is InChI=1S/C55H35N3/c56-36-37-10-8-13-42(32-37)41-24-28-46(29-25-41)57-52-18-6-4-16-48(52)50-34-44(26-30-54(50)57)39-20-22-40(23-21-39)45-27-31-55-51(35-45)49-17-5-7-19-53(49)58(55)47-15-9-14-43(33-47)38-11-2-1-3-12-38/h1-35H. The summed E-state index contributed by atoms with van der Waals surface area (Å²) in [7, 11) is 0. The van der Waals surface area contributed by atoms with Gasteiger partial charge in [0.1, 0.15) is 0 Å². The first-order valence-corrected chi connectivity index (χ1v) is 19.6. The third kappa shape index (κ3) is 5.59. The van der Waals surface area contributed by atoms with E-state index in [2.05, 4.69) is 209 Å². The van der Waals surface area contributed by atoms with Gasteiger partial charge in [0.25, 0.3) is 0 Å². The van der Waals surface area contributed by atoms with Crippen LogP contribution in [-0.4, -0.2) is 9.13 Å². The van der Waals surface area contributed by atoms with Crippen LogP contribution in [0.15, 0.2) is 212 Å². The molecule has 0 bridgehead atoms. The first-order chi connectivity index (χ1) is 28.7. The molecular weight excluding hydrogens is 703 g/mol. The summed E-state index contributed by atoms with van der Waals surface area (Å²) >= 11 is 0. The first-order valence-electron chi connectivity index (χ1n) is 19.6. The molecule has 270 valence electrons. The highest BCUT2D eigenvalue weighted by Crippen LogP contribution is 2.38. The van der Waals surface area contributed by atoms with Crippen LogP contribution in [0, 0.1) is 11.3 Å². The normalized spacial score (nSPS) is 11.4. The highest BCUT2D eigenvalue weighted by Gasteiger charge is 2.16. The molecule has 0 radical (unpaired) electrons. The van der Waals surface area contributed by atoms with Gasteiger partial charge in [-0.2, -0.15) is 5.26 Å². The molecule has 3 heteroatoms. The maximum Gasteiger partial charge on any atom is 0.0991 e. The lowest BCUT2D eigenvalue weighted by Gasteiger charge is -2.11. The summed E-state index contributed by atoms with van der Waals surface area (Å²) in [5.74, 6) is 0. The minimum Gasteiger partial charge on any atom is -0.309 e. The molecule has 0 amide bonds. The Morgan fingerprint density at radius 3 is 1.28 bits per heavy atom. The lowest BCUT2D eigenvalue weighted by atomic mass is 9.98. The van der Waals surface area contributed by atoms with E-state index in [1.54, 1.807) is 0 Å². The van der Waals surface area contributed by atoms with E-state index in [-0.39, 0.29) is 0 Å². The monoisotopic (exact) mass is 737 g/mol. The summed E-state index contributed by atoms with van der Waals surface area (Å²) in [5, 5.41) is 14.3. The van der Waals surface area contributed by atoms with Gasteiger partial charge in [-0.05, 0) is 117 Å². The van der Waals surface area contributed by atoms with Crippen LogP contribution in [0.4, 0.5) is 0 Å². The van der Waals surface area contributed by atoms with Crippen LogP contribution in [0.3, 0.4) is 0 Å². The van der Waals surface area contributed by atoms with Gasteiger partial charge in [0.15, 0.2) is 0 Å². The molecular formula is C55H35N3. The molecule has 9 aromatic carbocycles. The summed E-state index contributed by atoms with van der Waals surface area (Å²) in [5.41, 5.74) is 17.0. The van der Waals surface area contributed by atoms with Gasteiger partial charge in [-0.15, -0.1) is 0 Å². The molecule has 0 aliphatic rings. The Balaban J connectivity index is 0.937. The summed E-state index contributed by atoms with van der Waals surface area (Å²) in [6, 6.07) is 78.1. The molecule has 58 heavy (non-hydrogen) atoms. The molecule has 0 saturated heterocycles. The van der Waals surface area contributed by atoms with E-state index in [0.29, 0.717) is 5.56 Å². The number of fused-ring (bicyclic) bond motifs is 6. The Bertz CT molecular complexity index is 3380.